The van der Waals surface area contributed by atoms with E-state index in [1.54, 1.807) is 24.3 Å². The summed E-state index contributed by atoms with van der Waals surface area (Å²) in [6.07, 6.45) is -5.11. The number of nitrogens with zero attached hydrogens (tertiary/aromatic N) is 2. The molecule has 4 nitrogen and oxygen atoms in total. The first-order chi connectivity index (χ1) is 8.42. The Morgan fingerprint density at radius 2 is 1.94 bits per heavy atom. The summed E-state index contributed by atoms with van der Waals surface area (Å²) in [5.41, 5.74) is 2.91. The van der Waals surface area contributed by atoms with E-state index < -0.39 is 12.6 Å². The van der Waals surface area contributed by atoms with E-state index in [9.17, 15) is 13.2 Å². The van der Waals surface area contributed by atoms with Gasteiger partial charge in [-0.3, -0.25) is 5.43 Å². The molecule has 0 atom stereocenters. The lowest BCUT2D eigenvalue weighted by atomic mass is 10.3. The highest BCUT2D eigenvalue weighted by molar-refractivity contribution is 5.81. The average molecular weight is 260 g/mol. The number of para-hydroxylation sites is 1. The zero-order valence-corrected chi connectivity index (χ0v) is 9.91. The summed E-state index contributed by atoms with van der Waals surface area (Å²) >= 11 is 0. The highest BCUT2D eigenvalue weighted by atomic mass is 19.4. The van der Waals surface area contributed by atoms with Crippen LogP contribution in [0.3, 0.4) is 0 Å². The van der Waals surface area contributed by atoms with Crippen LogP contribution >= 0.6 is 0 Å². The summed E-state index contributed by atoms with van der Waals surface area (Å²) < 4.78 is 36.3. The van der Waals surface area contributed by atoms with Gasteiger partial charge in [0, 0.05) is 13.6 Å². The fourth-order valence-corrected chi connectivity index (χ4v) is 1.25. The zero-order chi connectivity index (χ0) is 13.6. The predicted octanol–water partition coefficient (Wildman–Crippen LogP) is 2.02. The number of hydrogen-bond acceptors (Lipinski definition) is 2. The minimum atomic E-state index is -4.19. The van der Waals surface area contributed by atoms with Gasteiger partial charge in [0.25, 0.3) is 0 Å². The lowest BCUT2D eigenvalue weighted by Crippen LogP contribution is -2.43. The molecule has 0 radical (unpaired) electrons. The van der Waals surface area contributed by atoms with Crippen molar-refractivity contribution in [3.8, 4) is 0 Å². The van der Waals surface area contributed by atoms with Crippen LogP contribution in [0.25, 0.3) is 0 Å². The summed E-state index contributed by atoms with van der Waals surface area (Å²) in [6, 6.07) is 8.84. The van der Waals surface area contributed by atoms with Crippen LogP contribution in [0.4, 0.5) is 18.9 Å². The van der Waals surface area contributed by atoms with Gasteiger partial charge in [-0.2, -0.15) is 13.2 Å². The molecule has 3 N–H and O–H groups in total. The lowest BCUT2D eigenvalue weighted by Gasteiger charge is -2.21. The molecule has 100 valence electrons. The van der Waals surface area contributed by atoms with Crippen LogP contribution < -0.4 is 11.3 Å². The van der Waals surface area contributed by atoms with Crippen LogP contribution in [-0.2, 0) is 0 Å². The molecule has 1 aromatic rings. The van der Waals surface area contributed by atoms with Crippen LogP contribution in [0.5, 0.6) is 0 Å². The van der Waals surface area contributed by atoms with Gasteiger partial charge < -0.3 is 4.90 Å². The van der Waals surface area contributed by atoms with Gasteiger partial charge in [0.15, 0.2) is 0 Å². The number of hydrazine groups is 1. The quantitative estimate of drug-likeness (QED) is 0.378. The number of alkyl halides is 3. The van der Waals surface area contributed by atoms with Gasteiger partial charge in [0.2, 0.25) is 5.96 Å². The van der Waals surface area contributed by atoms with Gasteiger partial charge in [0.1, 0.15) is 0 Å². The molecular formula is C11H15F3N4. The largest absolute Gasteiger partial charge is 0.390 e. The third-order valence-corrected chi connectivity index (χ3v) is 2.21. The Hall–Kier alpha value is -1.76. The van der Waals surface area contributed by atoms with Crippen molar-refractivity contribution in [1.29, 1.82) is 0 Å². The molecule has 0 aliphatic carbocycles. The Bertz CT molecular complexity index is 389. The van der Waals surface area contributed by atoms with Crippen molar-refractivity contribution < 1.29 is 13.2 Å². The fraction of sp³-hybridized carbons (Fsp3) is 0.364. The van der Waals surface area contributed by atoms with Gasteiger partial charge in [-0.25, -0.2) is 10.8 Å². The molecule has 0 aliphatic rings. The van der Waals surface area contributed by atoms with Crippen molar-refractivity contribution in [2.75, 3.05) is 13.6 Å². The van der Waals surface area contributed by atoms with E-state index in [0.717, 1.165) is 0 Å². The molecule has 0 bridgehead atoms. The van der Waals surface area contributed by atoms with E-state index in [0.29, 0.717) is 5.69 Å². The molecule has 0 spiro atoms. The maximum atomic E-state index is 12.1. The van der Waals surface area contributed by atoms with Gasteiger partial charge in [0.05, 0.1) is 12.1 Å². The molecule has 7 heteroatoms. The van der Waals surface area contributed by atoms with Crippen LogP contribution in [-0.4, -0.2) is 30.6 Å². The SMILES string of the molecule is CN(CCC(F)(F)F)C(=Nc1ccccc1)NN. The second-order valence-corrected chi connectivity index (χ2v) is 3.70. The Labute approximate surface area is 103 Å². The number of nitrogens with one attached hydrogen (secondary N) is 1. The standard InChI is InChI=1S/C11H15F3N4/c1-18(8-7-11(12,13)14)10(17-15)16-9-5-3-2-4-6-9/h2-6H,7-8,15H2,1H3,(H,16,17). The molecule has 0 saturated carbocycles. The molecule has 0 fully saturated rings. The van der Waals surface area contributed by atoms with Crippen LogP contribution in [0.1, 0.15) is 6.42 Å². The molecule has 1 rings (SSSR count). The van der Waals surface area contributed by atoms with Crippen LogP contribution in [0.15, 0.2) is 35.3 Å². The predicted molar refractivity (Wildman–Crippen MR) is 64.2 cm³/mol. The van der Waals surface area contributed by atoms with Crippen molar-refractivity contribution in [3.05, 3.63) is 30.3 Å². The first-order valence-corrected chi connectivity index (χ1v) is 5.30. The third kappa shape index (κ3) is 5.05. The normalized spacial score (nSPS) is 12.4. The van der Waals surface area contributed by atoms with E-state index in [2.05, 4.69) is 10.4 Å². The highest BCUT2D eigenvalue weighted by Crippen LogP contribution is 2.19. The highest BCUT2D eigenvalue weighted by Gasteiger charge is 2.27. The van der Waals surface area contributed by atoms with Crippen molar-refractivity contribution >= 4 is 11.6 Å². The maximum absolute atomic E-state index is 12.1. The minimum absolute atomic E-state index is 0.186. The summed E-state index contributed by atoms with van der Waals surface area (Å²) in [6.45, 7) is -0.209. The van der Waals surface area contributed by atoms with Gasteiger partial charge in [-0.15, -0.1) is 0 Å². The van der Waals surface area contributed by atoms with Crippen LogP contribution in [0.2, 0.25) is 0 Å². The number of benzene rings is 1. The molecule has 0 saturated heterocycles. The fourth-order valence-electron chi connectivity index (χ4n) is 1.25. The molecule has 0 aliphatic heterocycles. The second kappa shape index (κ2) is 6.25. The average Bonchev–Trinajstić information content (AvgIpc) is 2.33. The molecule has 0 aromatic heterocycles. The van der Waals surface area contributed by atoms with E-state index in [1.165, 1.54) is 11.9 Å². The number of halogens is 3. The molecule has 0 unspecified atom stereocenters. The van der Waals surface area contributed by atoms with E-state index >= 15 is 0 Å². The smallest absolute Gasteiger partial charge is 0.344 e. The second-order valence-electron chi connectivity index (χ2n) is 3.70. The van der Waals surface area contributed by atoms with Crippen molar-refractivity contribution in [3.63, 3.8) is 0 Å². The number of aliphatic imine (C=N–C) groups is 1. The molecule has 1 aromatic carbocycles. The van der Waals surface area contributed by atoms with Crippen molar-refractivity contribution in [2.45, 2.75) is 12.6 Å². The monoisotopic (exact) mass is 260 g/mol. The maximum Gasteiger partial charge on any atom is 0.390 e. The molecule has 0 amide bonds. The minimum Gasteiger partial charge on any atom is -0.344 e. The number of rotatable bonds is 3. The number of guanidine groups is 1. The van der Waals surface area contributed by atoms with Gasteiger partial charge in [-0.1, -0.05) is 18.2 Å². The van der Waals surface area contributed by atoms with Crippen LogP contribution in [0, 0.1) is 0 Å². The molecule has 18 heavy (non-hydrogen) atoms. The molecule has 0 heterocycles. The zero-order valence-electron chi connectivity index (χ0n) is 9.91. The number of nitrogens with two attached hydrogens (primary N) is 1. The Balaban J connectivity index is 2.68. The first-order valence-electron chi connectivity index (χ1n) is 5.30. The Morgan fingerprint density at radius 1 is 1.33 bits per heavy atom. The first kappa shape index (κ1) is 14.3. The summed E-state index contributed by atoms with van der Waals surface area (Å²) in [5.74, 6) is 5.44. The van der Waals surface area contributed by atoms with Crippen molar-refractivity contribution in [2.24, 2.45) is 10.8 Å². The van der Waals surface area contributed by atoms with E-state index in [-0.39, 0.29) is 12.5 Å². The summed E-state index contributed by atoms with van der Waals surface area (Å²) in [7, 11) is 1.49. The third-order valence-electron chi connectivity index (χ3n) is 2.21. The Morgan fingerprint density at radius 3 is 2.44 bits per heavy atom. The Kier molecular flexibility index (Phi) is 4.96. The van der Waals surface area contributed by atoms with Gasteiger partial charge in [-0.05, 0) is 12.1 Å². The number of hydrogen-bond donors (Lipinski definition) is 2. The summed E-state index contributed by atoms with van der Waals surface area (Å²) in [4.78, 5) is 5.44. The van der Waals surface area contributed by atoms with Gasteiger partial charge >= 0.3 is 6.18 Å². The van der Waals surface area contributed by atoms with Crippen molar-refractivity contribution in [1.82, 2.24) is 10.3 Å². The summed E-state index contributed by atoms with van der Waals surface area (Å²) in [5, 5.41) is 0. The lowest BCUT2D eigenvalue weighted by molar-refractivity contribution is -0.135. The topological polar surface area (TPSA) is 53.6 Å². The van der Waals surface area contributed by atoms with E-state index in [4.69, 9.17) is 5.84 Å². The van der Waals surface area contributed by atoms with E-state index in [1.807, 2.05) is 6.07 Å². The molecular weight excluding hydrogens is 245 g/mol.